The summed E-state index contributed by atoms with van der Waals surface area (Å²) in [6, 6.07) is 27.0. The van der Waals surface area contributed by atoms with Gasteiger partial charge < -0.3 is 9.73 Å². The maximum Gasteiger partial charge on any atom is 0.248 e. The van der Waals surface area contributed by atoms with Gasteiger partial charge in [-0.1, -0.05) is 48.5 Å². The van der Waals surface area contributed by atoms with Crippen LogP contribution in [0.1, 0.15) is 12.0 Å². The molecule has 5 heteroatoms. The molecule has 0 atom stereocenters. The number of nitrogens with zero attached hydrogens (tertiary/aromatic N) is 2. The van der Waals surface area contributed by atoms with Gasteiger partial charge in [0.1, 0.15) is 0 Å². The van der Waals surface area contributed by atoms with Gasteiger partial charge in [-0.25, -0.2) is 0 Å². The van der Waals surface area contributed by atoms with Crippen LogP contribution >= 0.6 is 0 Å². The van der Waals surface area contributed by atoms with Crippen LogP contribution in [0.15, 0.2) is 89.3 Å². The number of carbonyl (C=O) groups is 1. The quantitative estimate of drug-likeness (QED) is 0.521. The largest absolute Gasteiger partial charge is 0.416 e. The fourth-order valence-corrected chi connectivity index (χ4v) is 2.86. The van der Waals surface area contributed by atoms with Gasteiger partial charge in [0.05, 0.1) is 0 Å². The summed E-state index contributed by atoms with van der Waals surface area (Å²) in [6.45, 7) is 0. The van der Waals surface area contributed by atoms with Crippen molar-refractivity contribution in [1.82, 2.24) is 10.2 Å². The van der Waals surface area contributed by atoms with Crippen molar-refractivity contribution in [3.63, 3.8) is 0 Å². The minimum atomic E-state index is -0.0132. The molecule has 138 valence electrons. The van der Waals surface area contributed by atoms with E-state index in [4.69, 9.17) is 4.42 Å². The molecule has 3 aromatic carbocycles. The van der Waals surface area contributed by atoms with Crippen LogP contribution in [0.2, 0.25) is 0 Å². The Bertz CT molecular complexity index is 1040. The van der Waals surface area contributed by atoms with Crippen LogP contribution < -0.4 is 5.32 Å². The molecular formula is C23H19N3O2. The second-order valence-corrected chi connectivity index (χ2v) is 6.39. The van der Waals surface area contributed by atoms with Crippen LogP contribution in [0.3, 0.4) is 0 Å². The first-order chi connectivity index (χ1) is 13.8. The van der Waals surface area contributed by atoms with Crippen molar-refractivity contribution in [2.75, 3.05) is 5.32 Å². The Hall–Kier alpha value is -3.73. The van der Waals surface area contributed by atoms with E-state index in [0.29, 0.717) is 18.2 Å². The number of anilines is 1. The molecule has 4 aromatic rings. The smallest absolute Gasteiger partial charge is 0.248 e. The molecule has 0 unspecified atom stereocenters. The van der Waals surface area contributed by atoms with Crippen molar-refractivity contribution in [2.24, 2.45) is 0 Å². The van der Waals surface area contributed by atoms with Crippen molar-refractivity contribution in [3.8, 4) is 22.9 Å². The Labute approximate surface area is 163 Å². The lowest BCUT2D eigenvalue weighted by atomic mass is 10.1. The third kappa shape index (κ3) is 4.32. The van der Waals surface area contributed by atoms with Crippen LogP contribution in [-0.4, -0.2) is 16.1 Å². The van der Waals surface area contributed by atoms with E-state index in [1.165, 1.54) is 0 Å². The maximum atomic E-state index is 12.1. The summed E-state index contributed by atoms with van der Waals surface area (Å²) < 4.78 is 5.75. The molecule has 5 nitrogen and oxygen atoms in total. The Kier molecular flexibility index (Phi) is 5.24. The van der Waals surface area contributed by atoms with Gasteiger partial charge in [-0.3, -0.25) is 4.79 Å². The van der Waals surface area contributed by atoms with Gasteiger partial charge in [-0.2, -0.15) is 0 Å². The summed E-state index contributed by atoms with van der Waals surface area (Å²) in [6.07, 6.45) is 1.16. The van der Waals surface area contributed by atoms with Crippen LogP contribution in [0, 0.1) is 0 Å². The van der Waals surface area contributed by atoms with E-state index in [1.807, 2.05) is 84.9 Å². The van der Waals surface area contributed by atoms with E-state index in [2.05, 4.69) is 15.5 Å². The fraction of sp³-hybridized carbons (Fsp3) is 0.0870. The van der Waals surface area contributed by atoms with E-state index in [0.717, 1.165) is 28.8 Å². The van der Waals surface area contributed by atoms with Crippen molar-refractivity contribution >= 4 is 11.6 Å². The van der Waals surface area contributed by atoms with Crippen LogP contribution in [-0.2, 0) is 11.2 Å². The molecule has 0 aliphatic heterocycles. The lowest BCUT2D eigenvalue weighted by molar-refractivity contribution is -0.116. The number of rotatable bonds is 6. The van der Waals surface area contributed by atoms with Gasteiger partial charge in [0.15, 0.2) is 0 Å². The molecule has 4 rings (SSSR count). The lowest BCUT2D eigenvalue weighted by Gasteiger charge is -2.06. The molecule has 0 saturated carbocycles. The van der Waals surface area contributed by atoms with Gasteiger partial charge in [0, 0.05) is 23.2 Å². The highest BCUT2D eigenvalue weighted by Gasteiger charge is 2.10. The summed E-state index contributed by atoms with van der Waals surface area (Å²) in [5.41, 5.74) is 3.57. The highest BCUT2D eigenvalue weighted by Crippen LogP contribution is 2.24. The van der Waals surface area contributed by atoms with Crippen LogP contribution in [0.4, 0.5) is 5.69 Å². The normalized spacial score (nSPS) is 10.6. The van der Waals surface area contributed by atoms with Crippen molar-refractivity contribution in [2.45, 2.75) is 12.8 Å². The van der Waals surface area contributed by atoms with E-state index in [1.54, 1.807) is 0 Å². The fourth-order valence-electron chi connectivity index (χ4n) is 2.86. The minimum absolute atomic E-state index is 0.0132. The number of nitrogens with one attached hydrogen (secondary N) is 1. The van der Waals surface area contributed by atoms with Crippen molar-refractivity contribution in [1.29, 1.82) is 0 Å². The second kappa shape index (κ2) is 8.31. The van der Waals surface area contributed by atoms with Gasteiger partial charge >= 0.3 is 0 Å². The predicted molar refractivity (Wildman–Crippen MR) is 109 cm³/mol. The zero-order chi connectivity index (χ0) is 19.2. The first kappa shape index (κ1) is 17.7. The zero-order valence-corrected chi connectivity index (χ0v) is 15.2. The standard InChI is InChI=1S/C23H19N3O2/c27-21(16-11-17-7-3-1-4-8-17)24-20-14-12-19(13-15-20)23-26-25-22(28-23)18-9-5-2-6-10-18/h1-10,12-15H,11,16H2,(H,24,27). The summed E-state index contributed by atoms with van der Waals surface area (Å²) in [7, 11) is 0. The average Bonchev–Trinajstić information content (AvgIpc) is 3.25. The SMILES string of the molecule is O=C(CCc1ccccc1)Nc1ccc(-c2nnc(-c3ccccc3)o2)cc1. The monoisotopic (exact) mass is 369 g/mol. The summed E-state index contributed by atoms with van der Waals surface area (Å²) in [5, 5.41) is 11.1. The number of hydrogen-bond donors (Lipinski definition) is 1. The molecule has 0 bridgehead atoms. The Morgan fingerprint density at radius 1 is 0.750 bits per heavy atom. The molecule has 0 fully saturated rings. The minimum Gasteiger partial charge on any atom is -0.416 e. The lowest BCUT2D eigenvalue weighted by Crippen LogP contribution is -2.12. The van der Waals surface area contributed by atoms with Gasteiger partial charge in [-0.15, -0.1) is 10.2 Å². The Balaban J connectivity index is 1.37. The zero-order valence-electron chi connectivity index (χ0n) is 15.2. The number of hydrogen-bond acceptors (Lipinski definition) is 4. The first-order valence-corrected chi connectivity index (χ1v) is 9.11. The topological polar surface area (TPSA) is 68.0 Å². The van der Waals surface area contributed by atoms with Crippen LogP contribution in [0.5, 0.6) is 0 Å². The van der Waals surface area contributed by atoms with Gasteiger partial charge in [0.2, 0.25) is 17.7 Å². The number of aromatic nitrogens is 2. The van der Waals surface area contributed by atoms with E-state index in [-0.39, 0.29) is 5.91 Å². The van der Waals surface area contributed by atoms with E-state index < -0.39 is 0 Å². The molecule has 1 aromatic heterocycles. The molecule has 0 saturated heterocycles. The van der Waals surface area contributed by atoms with Crippen molar-refractivity contribution in [3.05, 3.63) is 90.5 Å². The maximum absolute atomic E-state index is 12.1. The first-order valence-electron chi connectivity index (χ1n) is 9.11. The number of amides is 1. The molecule has 1 amide bonds. The molecule has 0 aliphatic carbocycles. The van der Waals surface area contributed by atoms with E-state index >= 15 is 0 Å². The highest BCUT2D eigenvalue weighted by molar-refractivity contribution is 5.91. The average molecular weight is 369 g/mol. The number of aryl methyl sites for hydroxylation is 1. The van der Waals surface area contributed by atoms with E-state index in [9.17, 15) is 4.79 Å². The second-order valence-electron chi connectivity index (χ2n) is 6.39. The summed E-state index contributed by atoms with van der Waals surface area (Å²) >= 11 is 0. The molecule has 0 spiro atoms. The summed E-state index contributed by atoms with van der Waals surface area (Å²) in [4.78, 5) is 12.1. The molecule has 0 aliphatic rings. The van der Waals surface area contributed by atoms with Crippen molar-refractivity contribution < 1.29 is 9.21 Å². The highest BCUT2D eigenvalue weighted by atomic mass is 16.4. The Morgan fingerprint density at radius 3 is 1.96 bits per heavy atom. The Morgan fingerprint density at radius 2 is 1.32 bits per heavy atom. The molecule has 1 heterocycles. The molecular weight excluding hydrogens is 350 g/mol. The number of carbonyl (C=O) groups excluding carboxylic acids is 1. The summed E-state index contributed by atoms with van der Waals surface area (Å²) in [5.74, 6) is 0.912. The molecule has 1 N–H and O–H groups in total. The van der Waals surface area contributed by atoms with Gasteiger partial charge in [-0.05, 0) is 48.4 Å². The van der Waals surface area contributed by atoms with Gasteiger partial charge in [0.25, 0.3) is 0 Å². The molecule has 28 heavy (non-hydrogen) atoms. The predicted octanol–water partition coefficient (Wildman–Crippen LogP) is 4.97. The number of benzene rings is 3. The van der Waals surface area contributed by atoms with Crippen LogP contribution in [0.25, 0.3) is 22.9 Å². The third-order valence-corrected chi connectivity index (χ3v) is 4.34. The molecule has 0 radical (unpaired) electrons. The third-order valence-electron chi connectivity index (χ3n) is 4.34.